The molecule has 0 radical (unpaired) electrons. The molecule has 11 heavy (non-hydrogen) atoms. The Bertz CT molecular complexity index is 368. The molecule has 0 aliphatic rings. The highest BCUT2D eigenvalue weighted by molar-refractivity contribution is 7.98. The molecule has 2 aromatic rings. The van der Waals surface area contributed by atoms with Crippen LogP contribution in [0.2, 0.25) is 0 Å². The third-order valence-corrected chi connectivity index (χ3v) is 2.22. The molecule has 0 spiro atoms. The fourth-order valence-electron chi connectivity index (χ4n) is 0.989. The van der Waals surface area contributed by atoms with E-state index in [-0.39, 0.29) is 0 Å². The van der Waals surface area contributed by atoms with Crippen molar-refractivity contribution in [2.24, 2.45) is 0 Å². The van der Waals surface area contributed by atoms with E-state index in [1.54, 1.807) is 18.0 Å². The number of thioether (sulfide) groups is 1. The number of hydrogen-bond acceptors (Lipinski definition) is 3. The van der Waals surface area contributed by atoms with Crippen LogP contribution in [0.3, 0.4) is 0 Å². The van der Waals surface area contributed by atoms with Crippen LogP contribution in [0.5, 0.6) is 0 Å². The molecule has 1 N–H and O–H groups in total. The molecule has 2 aromatic heterocycles. The predicted octanol–water partition coefficient (Wildman–Crippen LogP) is 1.68. The van der Waals surface area contributed by atoms with E-state index in [1.807, 2.05) is 18.5 Å². The van der Waals surface area contributed by atoms with E-state index in [0.717, 1.165) is 15.9 Å². The van der Waals surface area contributed by atoms with Crippen LogP contribution in [-0.4, -0.2) is 21.4 Å². The molecule has 0 saturated heterocycles. The normalized spacial score (nSPS) is 10.6. The number of pyridine rings is 1. The largest absolute Gasteiger partial charge is 0.277 e. The molecular weight excluding hydrogens is 158 g/mol. The first kappa shape index (κ1) is 6.67. The first-order valence-corrected chi connectivity index (χ1v) is 4.46. The summed E-state index contributed by atoms with van der Waals surface area (Å²) in [6.07, 6.45) is 5.58. The number of rotatable bonds is 1. The Morgan fingerprint density at radius 1 is 1.55 bits per heavy atom. The molecule has 0 aliphatic carbocycles. The highest BCUT2D eigenvalue weighted by atomic mass is 32.2. The van der Waals surface area contributed by atoms with Gasteiger partial charge in [-0.3, -0.25) is 10.1 Å². The second-order valence-corrected chi connectivity index (χ2v) is 2.95. The average molecular weight is 165 g/mol. The van der Waals surface area contributed by atoms with Gasteiger partial charge in [-0.25, -0.2) is 0 Å². The van der Waals surface area contributed by atoms with Crippen molar-refractivity contribution in [1.82, 2.24) is 15.2 Å². The molecule has 3 nitrogen and oxygen atoms in total. The van der Waals surface area contributed by atoms with Crippen LogP contribution in [0.1, 0.15) is 0 Å². The number of hydrogen-bond donors (Lipinski definition) is 1. The Hall–Kier alpha value is -1.03. The van der Waals surface area contributed by atoms with Gasteiger partial charge in [0, 0.05) is 12.4 Å². The molecule has 0 fully saturated rings. The summed E-state index contributed by atoms with van der Waals surface area (Å²) in [5.41, 5.74) is 1.05. The average Bonchev–Trinajstić information content (AvgIpc) is 2.47. The van der Waals surface area contributed by atoms with E-state index in [4.69, 9.17) is 0 Å². The summed E-state index contributed by atoms with van der Waals surface area (Å²) < 4.78 is 0. The van der Waals surface area contributed by atoms with Gasteiger partial charge in [0.2, 0.25) is 0 Å². The van der Waals surface area contributed by atoms with Crippen LogP contribution in [0.4, 0.5) is 0 Å². The van der Waals surface area contributed by atoms with Crippen molar-refractivity contribution in [3.63, 3.8) is 0 Å². The van der Waals surface area contributed by atoms with Gasteiger partial charge in [-0.05, 0) is 12.3 Å². The Morgan fingerprint density at radius 3 is 3.27 bits per heavy atom. The lowest BCUT2D eigenvalue weighted by Crippen LogP contribution is -1.70. The summed E-state index contributed by atoms with van der Waals surface area (Å²) in [5.74, 6) is 0. The molecule has 0 saturated carbocycles. The second-order valence-electron chi connectivity index (χ2n) is 2.15. The van der Waals surface area contributed by atoms with Gasteiger partial charge in [-0.15, -0.1) is 11.8 Å². The maximum absolute atomic E-state index is 4.11. The van der Waals surface area contributed by atoms with Crippen molar-refractivity contribution in [3.05, 3.63) is 18.5 Å². The molecule has 0 aromatic carbocycles. The minimum absolute atomic E-state index is 1.01. The third kappa shape index (κ3) is 0.991. The molecule has 2 rings (SSSR count). The maximum atomic E-state index is 4.11. The fourth-order valence-corrected chi connectivity index (χ4v) is 1.51. The van der Waals surface area contributed by atoms with Crippen molar-refractivity contribution in [1.29, 1.82) is 0 Å². The van der Waals surface area contributed by atoms with Crippen LogP contribution in [-0.2, 0) is 0 Å². The summed E-state index contributed by atoms with van der Waals surface area (Å²) in [4.78, 5) is 4.02. The van der Waals surface area contributed by atoms with Crippen LogP contribution in [0.25, 0.3) is 10.9 Å². The van der Waals surface area contributed by atoms with Crippen LogP contribution in [0.15, 0.2) is 23.5 Å². The number of nitrogens with one attached hydrogen (secondary N) is 1. The summed E-state index contributed by atoms with van der Waals surface area (Å²) in [7, 11) is 0. The van der Waals surface area contributed by atoms with Crippen molar-refractivity contribution in [2.75, 3.05) is 6.26 Å². The SMILES string of the molecule is CSc1n[nH]c2ccncc12. The number of aromatic nitrogens is 3. The summed E-state index contributed by atoms with van der Waals surface area (Å²) >= 11 is 1.62. The van der Waals surface area contributed by atoms with Crippen LogP contribution in [0, 0.1) is 0 Å². The molecule has 4 heteroatoms. The van der Waals surface area contributed by atoms with Gasteiger partial charge in [0.15, 0.2) is 0 Å². The van der Waals surface area contributed by atoms with Crippen molar-refractivity contribution >= 4 is 22.7 Å². The predicted molar refractivity (Wildman–Crippen MR) is 45.7 cm³/mol. The number of fused-ring (bicyclic) bond motifs is 1. The molecule has 56 valence electrons. The molecule has 0 unspecified atom stereocenters. The molecule has 0 aliphatic heterocycles. The van der Waals surface area contributed by atoms with Crippen LogP contribution < -0.4 is 0 Å². The quantitative estimate of drug-likeness (QED) is 0.654. The first-order valence-electron chi connectivity index (χ1n) is 3.24. The van der Waals surface area contributed by atoms with Crippen molar-refractivity contribution in [2.45, 2.75) is 5.03 Å². The van der Waals surface area contributed by atoms with Gasteiger partial charge in [0.05, 0.1) is 10.9 Å². The topological polar surface area (TPSA) is 41.6 Å². The number of H-pyrrole nitrogens is 1. The minimum atomic E-state index is 1.01. The van der Waals surface area contributed by atoms with E-state index in [0.29, 0.717) is 0 Å². The Kier molecular flexibility index (Phi) is 1.54. The van der Waals surface area contributed by atoms with Gasteiger partial charge in [-0.1, -0.05) is 0 Å². The standard InChI is InChI=1S/C7H7N3S/c1-11-7-5-4-8-3-2-6(5)9-10-7/h2-4H,1H3,(H,9,10). The Morgan fingerprint density at radius 2 is 2.45 bits per heavy atom. The zero-order valence-corrected chi connectivity index (χ0v) is 6.85. The van der Waals surface area contributed by atoms with E-state index >= 15 is 0 Å². The smallest absolute Gasteiger partial charge is 0.127 e. The molecule has 0 atom stereocenters. The number of aromatic amines is 1. The zero-order valence-electron chi connectivity index (χ0n) is 6.03. The summed E-state index contributed by atoms with van der Waals surface area (Å²) in [6, 6.07) is 1.92. The Balaban J connectivity index is 2.76. The van der Waals surface area contributed by atoms with Crippen LogP contribution >= 0.6 is 11.8 Å². The first-order chi connectivity index (χ1) is 5.42. The summed E-state index contributed by atoms with van der Waals surface area (Å²) in [5, 5.41) is 9.14. The molecule has 0 amide bonds. The highest BCUT2D eigenvalue weighted by Gasteiger charge is 2.01. The third-order valence-electron chi connectivity index (χ3n) is 1.52. The molecular formula is C7H7N3S. The van der Waals surface area contributed by atoms with Gasteiger partial charge < -0.3 is 0 Å². The van der Waals surface area contributed by atoms with Gasteiger partial charge >= 0.3 is 0 Å². The second kappa shape index (κ2) is 2.54. The van der Waals surface area contributed by atoms with E-state index in [1.165, 1.54) is 0 Å². The van der Waals surface area contributed by atoms with Gasteiger partial charge in [-0.2, -0.15) is 5.10 Å². The van der Waals surface area contributed by atoms with Crippen molar-refractivity contribution < 1.29 is 0 Å². The van der Waals surface area contributed by atoms with Gasteiger partial charge in [0.1, 0.15) is 5.03 Å². The minimum Gasteiger partial charge on any atom is -0.277 e. The van der Waals surface area contributed by atoms with Gasteiger partial charge in [0.25, 0.3) is 0 Å². The monoisotopic (exact) mass is 165 g/mol. The lowest BCUT2D eigenvalue weighted by atomic mass is 10.3. The Labute approximate surface area is 68.2 Å². The lowest BCUT2D eigenvalue weighted by Gasteiger charge is -1.87. The molecule has 0 bridgehead atoms. The van der Waals surface area contributed by atoms with E-state index < -0.39 is 0 Å². The van der Waals surface area contributed by atoms with E-state index in [2.05, 4.69) is 15.2 Å². The van der Waals surface area contributed by atoms with E-state index in [9.17, 15) is 0 Å². The number of nitrogens with zero attached hydrogens (tertiary/aromatic N) is 2. The molecule has 2 heterocycles. The summed E-state index contributed by atoms with van der Waals surface area (Å²) in [6.45, 7) is 0. The zero-order chi connectivity index (χ0) is 7.68. The highest BCUT2D eigenvalue weighted by Crippen LogP contribution is 2.21. The fraction of sp³-hybridized carbons (Fsp3) is 0.143. The maximum Gasteiger partial charge on any atom is 0.127 e. The van der Waals surface area contributed by atoms with Crippen molar-refractivity contribution in [3.8, 4) is 0 Å². The lowest BCUT2D eigenvalue weighted by molar-refractivity contribution is 1.03.